The maximum atomic E-state index is 3.48. The third kappa shape index (κ3) is 2.59. The number of hydrogen-bond acceptors (Lipinski definition) is 2. The third-order valence-corrected chi connectivity index (χ3v) is 3.94. The molecule has 90 valence electrons. The average molecular weight is 228 g/mol. The number of benzene rings is 1. The second kappa shape index (κ2) is 5.03. The molecule has 2 aliphatic rings. The molecule has 1 aromatic rings. The first kappa shape index (κ1) is 11.0. The van der Waals surface area contributed by atoms with Crippen LogP contribution in [0.4, 0.5) is 0 Å². The van der Waals surface area contributed by atoms with Gasteiger partial charge in [0.05, 0.1) is 0 Å². The quantitative estimate of drug-likeness (QED) is 0.849. The maximum absolute atomic E-state index is 3.48. The van der Waals surface area contributed by atoms with Crippen LogP contribution in [0, 0.1) is 11.8 Å². The van der Waals surface area contributed by atoms with Crippen LogP contribution in [0.25, 0.3) is 6.08 Å². The van der Waals surface area contributed by atoms with Crippen LogP contribution in [-0.2, 0) is 0 Å². The summed E-state index contributed by atoms with van der Waals surface area (Å²) in [5.74, 6) is 1.81. The molecule has 2 atom stereocenters. The molecule has 1 N–H and O–H groups in total. The summed E-state index contributed by atoms with van der Waals surface area (Å²) in [4.78, 5) is 2.58. The smallest absolute Gasteiger partial charge is 0.0166 e. The van der Waals surface area contributed by atoms with Crippen LogP contribution < -0.4 is 5.32 Å². The number of nitrogens with one attached hydrogen (secondary N) is 1. The lowest BCUT2D eigenvalue weighted by molar-refractivity contribution is 0.347. The highest BCUT2D eigenvalue weighted by Gasteiger charge is 2.35. The summed E-state index contributed by atoms with van der Waals surface area (Å²) in [5.41, 5.74) is 1.30. The topological polar surface area (TPSA) is 15.3 Å². The van der Waals surface area contributed by atoms with Gasteiger partial charge in [0.2, 0.25) is 0 Å². The predicted octanol–water partition coefficient (Wildman–Crippen LogP) is 1.85. The highest BCUT2D eigenvalue weighted by atomic mass is 15.2. The van der Waals surface area contributed by atoms with E-state index in [2.05, 4.69) is 52.7 Å². The molecule has 3 rings (SSSR count). The average Bonchev–Trinajstić information content (AvgIpc) is 2.91. The van der Waals surface area contributed by atoms with Crippen molar-refractivity contribution in [3.05, 3.63) is 42.0 Å². The van der Waals surface area contributed by atoms with Gasteiger partial charge in [0.1, 0.15) is 0 Å². The van der Waals surface area contributed by atoms with Gasteiger partial charge in [-0.2, -0.15) is 0 Å². The van der Waals surface area contributed by atoms with Crippen molar-refractivity contribution >= 4 is 6.08 Å². The van der Waals surface area contributed by atoms with E-state index in [1.54, 1.807) is 0 Å². The van der Waals surface area contributed by atoms with E-state index in [9.17, 15) is 0 Å². The lowest BCUT2D eigenvalue weighted by Gasteiger charge is -2.13. The standard InChI is InChI=1S/C15H20N2/c1-2-5-13(6-3-1)7-4-8-17-11-14-9-16-10-15(14)12-17/h1-7,14-16H,8-12H2/b7-4+/t14-,15+. The van der Waals surface area contributed by atoms with Gasteiger partial charge < -0.3 is 5.32 Å². The molecule has 2 heterocycles. The monoisotopic (exact) mass is 228 g/mol. The molecule has 2 fully saturated rings. The first-order valence-corrected chi connectivity index (χ1v) is 6.56. The molecule has 0 aliphatic carbocycles. The summed E-state index contributed by atoms with van der Waals surface area (Å²) in [6.45, 7) is 6.10. The van der Waals surface area contributed by atoms with E-state index < -0.39 is 0 Å². The minimum atomic E-state index is 0.903. The maximum Gasteiger partial charge on any atom is 0.0166 e. The van der Waals surface area contributed by atoms with Crippen molar-refractivity contribution in [2.45, 2.75) is 0 Å². The lowest BCUT2D eigenvalue weighted by Crippen LogP contribution is -2.25. The van der Waals surface area contributed by atoms with E-state index >= 15 is 0 Å². The Hall–Kier alpha value is -1.12. The lowest BCUT2D eigenvalue weighted by atomic mass is 10.0. The van der Waals surface area contributed by atoms with Crippen molar-refractivity contribution in [3.8, 4) is 0 Å². The van der Waals surface area contributed by atoms with Gasteiger partial charge in [-0.15, -0.1) is 0 Å². The Labute approximate surface area is 103 Å². The Morgan fingerprint density at radius 3 is 2.53 bits per heavy atom. The fraction of sp³-hybridized carbons (Fsp3) is 0.467. The fourth-order valence-electron chi connectivity index (χ4n) is 3.00. The van der Waals surface area contributed by atoms with Crippen molar-refractivity contribution < 1.29 is 0 Å². The Bertz CT molecular complexity index is 373. The van der Waals surface area contributed by atoms with E-state index in [0.717, 1.165) is 18.4 Å². The van der Waals surface area contributed by atoms with Crippen LogP contribution in [0.5, 0.6) is 0 Å². The Morgan fingerprint density at radius 1 is 1.12 bits per heavy atom. The van der Waals surface area contributed by atoms with Crippen LogP contribution in [-0.4, -0.2) is 37.6 Å². The van der Waals surface area contributed by atoms with Gasteiger partial charge in [-0.25, -0.2) is 0 Å². The van der Waals surface area contributed by atoms with E-state index in [4.69, 9.17) is 0 Å². The molecule has 2 saturated heterocycles. The number of nitrogens with zero attached hydrogens (tertiary/aromatic N) is 1. The fourth-order valence-corrected chi connectivity index (χ4v) is 3.00. The molecule has 2 aliphatic heterocycles. The summed E-state index contributed by atoms with van der Waals surface area (Å²) in [6.07, 6.45) is 4.52. The molecule has 0 radical (unpaired) electrons. The number of fused-ring (bicyclic) bond motifs is 1. The second-order valence-corrected chi connectivity index (χ2v) is 5.21. The highest BCUT2D eigenvalue weighted by molar-refractivity contribution is 5.48. The van der Waals surface area contributed by atoms with Gasteiger partial charge in [0.15, 0.2) is 0 Å². The molecule has 0 saturated carbocycles. The molecule has 0 aromatic heterocycles. The van der Waals surface area contributed by atoms with Gasteiger partial charge in [-0.3, -0.25) is 4.90 Å². The van der Waals surface area contributed by atoms with Gasteiger partial charge in [0.25, 0.3) is 0 Å². The van der Waals surface area contributed by atoms with Crippen molar-refractivity contribution in [1.82, 2.24) is 10.2 Å². The molecule has 0 unspecified atom stereocenters. The molecule has 0 amide bonds. The van der Waals surface area contributed by atoms with Gasteiger partial charge in [-0.05, 0) is 30.5 Å². The van der Waals surface area contributed by atoms with Gasteiger partial charge in [-0.1, -0.05) is 42.5 Å². The number of rotatable bonds is 3. The highest BCUT2D eigenvalue weighted by Crippen LogP contribution is 2.25. The van der Waals surface area contributed by atoms with E-state index in [0.29, 0.717) is 0 Å². The van der Waals surface area contributed by atoms with Crippen LogP contribution in [0.15, 0.2) is 36.4 Å². The van der Waals surface area contributed by atoms with E-state index in [1.807, 2.05) is 0 Å². The van der Waals surface area contributed by atoms with Crippen LogP contribution in [0.2, 0.25) is 0 Å². The van der Waals surface area contributed by atoms with Crippen molar-refractivity contribution in [2.75, 3.05) is 32.7 Å². The summed E-state index contributed by atoms with van der Waals surface area (Å²) in [5, 5.41) is 3.48. The Balaban J connectivity index is 1.51. The second-order valence-electron chi connectivity index (χ2n) is 5.21. The molecular formula is C15H20N2. The first-order valence-electron chi connectivity index (χ1n) is 6.56. The molecule has 2 heteroatoms. The molecule has 0 spiro atoms. The summed E-state index contributed by atoms with van der Waals surface area (Å²) < 4.78 is 0. The van der Waals surface area contributed by atoms with Crippen LogP contribution in [0.1, 0.15) is 5.56 Å². The van der Waals surface area contributed by atoms with Crippen molar-refractivity contribution in [3.63, 3.8) is 0 Å². The van der Waals surface area contributed by atoms with Crippen LogP contribution in [0.3, 0.4) is 0 Å². The molecule has 17 heavy (non-hydrogen) atoms. The van der Waals surface area contributed by atoms with E-state index in [-0.39, 0.29) is 0 Å². The Kier molecular flexibility index (Phi) is 3.25. The third-order valence-electron chi connectivity index (χ3n) is 3.94. The van der Waals surface area contributed by atoms with Crippen molar-refractivity contribution in [1.29, 1.82) is 0 Å². The van der Waals surface area contributed by atoms with Crippen LogP contribution >= 0.6 is 0 Å². The summed E-state index contributed by atoms with van der Waals surface area (Å²) in [6, 6.07) is 10.5. The molecule has 1 aromatic carbocycles. The predicted molar refractivity (Wildman–Crippen MR) is 71.8 cm³/mol. The van der Waals surface area contributed by atoms with Crippen molar-refractivity contribution in [2.24, 2.45) is 11.8 Å². The minimum absolute atomic E-state index is 0.903. The normalized spacial score (nSPS) is 28.9. The molecule has 0 bridgehead atoms. The zero-order valence-electron chi connectivity index (χ0n) is 10.2. The zero-order chi connectivity index (χ0) is 11.5. The Morgan fingerprint density at radius 2 is 1.82 bits per heavy atom. The van der Waals surface area contributed by atoms with E-state index in [1.165, 1.54) is 31.7 Å². The SMILES string of the molecule is C(=C\c1ccccc1)/CN1C[C@H]2CNC[C@H]2C1. The van der Waals surface area contributed by atoms with Gasteiger partial charge >= 0.3 is 0 Å². The summed E-state index contributed by atoms with van der Waals surface area (Å²) >= 11 is 0. The van der Waals surface area contributed by atoms with Gasteiger partial charge in [0, 0.05) is 19.6 Å². The largest absolute Gasteiger partial charge is 0.316 e. The molecular weight excluding hydrogens is 208 g/mol. The summed E-state index contributed by atoms with van der Waals surface area (Å²) in [7, 11) is 0. The number of likely N-dealkylation sites (tertiary alicyclic amines) is 1. The number of hydrogen-bond donors (Lipinski definition) is 1. The molecule has 2 nitrogen and oxygen atoms in total. The zero-order valence-corrected chi connectivity index (χ0v) is 10.2. The first-order chi connectivity index (χ1) is 8.42. The minimum Gasteiger partial charge on any atom is -0.316 e.